The topological polar surface area (TPSA) is 38.3 Å². The number of amides is 1. The fraction of sp³-hybridized carbons (Fsp3) is 0.952. The summed E-state index contributed by atoms with van der Waals surface area (Å²) in [5.74, 6) is 3.35. The van der Waals surface area contributed by atoms with Crippen molar-refractivity contribution in [3.8, 4) is 0 Å². The van der Waals surface area contributed by atoms with Gasteiger partial charge < -0.3 is 10.1 Å². The van der Waals surface area contributed by atoms with E-state index in [-0.39, 0.29) is 16.9 Å². The van der Waals surface area contributed by atoms with Gasteiger partial charge in [0.1, 0.15) is 0 Å². The second-order valence-electron chi connectivity index (χ2n) is 10.5. The van der Waals surface area contributed by atoms with Crippen LogP contribution < -0.4 is 5.32 Å². The van der Waals surface area contributed by atoms with Crippen LogP contribution in [0.3, 0.4) is 0 Å². The highest BCUT2D eigenvalue weighted by molar-refractivity contribution is 5.83. The van der Waals surface area contributed by atoms with Crippen molar-refractivity contribution in [2.75, 3.05) is 13.2 Å². The third-order valence-electron chi connectivity index (χ3n) is 7.34. The molecule has 0 aromatic rings. The van der Waals surface area contributed by atoms with Crippen molar-refractivity contribution < 1.29 is 9.53 Å². The highest BCUT2D eigenvalue weighted by atomic mass is 16.5. The number of carbonyl (C=O) groups excluding carboxylic acids is 1. The minimum Gasteiger partial charge on any atom is -0.377 e. The van der Waals surface area contributed by atoms with Gasteiger partial charge in [0, 0.05) is 24.5 Å². The van der Waals surface area contributed by atoms with Gasteiger partial charge in [-0.2, -0.15) is 0 Å². The Hall–Kier alpha value is -0.570. The molecule has 2 atom stereocenters. The van der Waals surface area contributed by atoms with Gasteiger partial charge in [-0.05, 0) is 74.5 Å². The van der Waals surface area contributed by atoms with Crippen LogP contribution in [0.1, 0.15) is 72.1 Å². The zero-order chi connectivity index (χ0) is 16.9. The third kappa shape index (κ3) is 3.02. The van der Waals surface area contributed by atoms with Crippen molar-refractivity contribution in [1.82, 2.24) is 5.32 Å². The summed E-state index contributed by atoms with van der Waals surface area (Å²) >= 11 is 0. The summed E-state index contributed by atoms with van der Waals surface area (Å²) in [6.45, 7) is 8.47. The van der Waals surface area contributed by atoms with Crippen molar-refractivity contribution in [2.24, 2.45) is 34.5 Å². The van der Waals surface area contributed by atoms with E-state index < -0.39 is 0 Å². The Morgan fingerprint density at radius 1 is 1.08 bits per heavy atom. The first kappa shape index (κ1) is 16.9. The molecule has 5 rings (SSSR count). The Bertz CT molecular complexity index is 457. The summed E-state index contributed by atoms with van der Waals surface area (Å²) in [5, 5.41) is 3.39. The number of hydrogen-bond acceptors (Lipinski definition) is 2. The Balaban J connectivity index is 1.39. The predicted molar refractivity (Wildman–Crippen MR) is 95.5 cm³/mol. The number of hydrogen-bond donors (Lipinski definition) is 1. The highest BCUT2D eigenvalue weighted by Crippen LogP contribution is 2.60. The van der Waals surface area contributed by atoms with Crippen molar-refractivity contribution in [2.45, 2.75) is 78.2 Å². The summed E-state index contributed by atoms with van der Waals surface area (Å²) in [5.41, 5.74) is 0.137. The first-order chi connectivity index (χ1) is 11.4. The molecule has 1 N–H and O–H groups in total. The van der Waals surface area contributed by atoms with Gasteiger partial charge in [0.2, 0.25) is 5.91 Å². The van der Waals surface area contributed by atoms with Crippen molar-refractivity contribution in [3.05, 3.63) is 0 Å². The van der Waals surface area contributed by atoms with Crippen LogP contribution in [-0.4, -0.2) is 25.2 Å². The monoisotopic (exact) mass is 333 g/mol. The van der Waals surface area contributed by atoms with Gasteiger partial charge in [-0.1, -0.05) is 20.8 Å². The van der Waals surface area contributed by atoms with E-state index in [9.17, 15) is 4.79 Å². The first-order valence-corrected chi connectivity index (χ1v) is 10.3. The standard InChI is InChI=1S/C21H35NO2/c1-20(2,3)18-17(5-4-6-24-18)13-22-19(23)21-10-14-7-15(11-21)9-16(8-14)12-21/h14-18H,4-13H2,1-3H3,(H,22,23)/t14?,15?,16?,17-,18+,21?/m1/s1. The molecule has 1 saturated heterocycles. The van der Waals surface area contributed by atoms with Gasteiger partial charge in [-0.3, -0.25) is 4.79 Å². The molecule has 3 heteroatoms. The average molecular weight is 334 g/mol. The Labute approximate surface area is 147 Å². The second-order valence-corrected chi connectivity index (χ2v) is 10.5. The van der Waals surface area contributed by atoms with Gasteiger partial charge >= 0.3 is 0 Å². The maximum absolute atomic E-state index is 13.1. The van der Waals surface area contributed by atoms with Gasteiger partial charge in [-0.25, -0.2) is 0 Å². The molecule has 0 spiro atoms. The molecule has 4 saturated carbocycles. The van der Waals surface area contributed by atoms with E-state index in [0.717, 1.165) is 56.6 Å². The molecule has 4 aliphatic carbocycles. The molecule has 0 unspecified atom stereocenters. The predicted octanol–water partition coefficient (Wildman–Crippen LogP) is 4.16. The van der Waals surface area contributed by atoms with Crippen LogP contribution in [0.5, 0.6) is 0 Å². The Morgan fingerprint density at radius 2 is 1.67 bits per heavy atom. The van der Waals surface area contributed by atoms with E-state index in [1.165, 1.54) is 25.7 Å². The molecule has 136 valence electrons. The van der Waals surface area contributed by atoms with Crippen LogP contribution in [0.2, 0.25) is 0 Å². The van der Waals surface area contributed by atoms with E-state index in [2.05, 4.69) is 26.1 Å². The summed E-state index contributed by atoms with van der Waals surface area (Å²) in [6, 6.07) is 0. The van der Waals surface area contributed by atoms with Crippen LogP contribution in [0, 0.1) is 34.5 Å². The second kappa shape index (κ2) is 6.00. The maximum atomic E-state index is 13.1. The van der Waals surface area contributed by atoms with E-state index >= 15 is 0 Å². The van der Waals surface area contributed by atoms with Gasteiger partial charge in [0.25, 0.3) is 0 Å². The lowest BCUT2D eigenvalue weighted by atomic mass is 9.49. The normalized spacial score (nSPS) is 44.5. The van der Waals surface area contributed by atoms with E-state index in [0.29, 0.717) is 11.8 Å². The maximum Gasteiger partial charge on any atom is 0.226 e. The molecule has 1 amide bonds. The van der Waals surface area contributed by atoms with Crippen LogP contribution in [0.15, 0.2) is 0 Å². The van der Waals surface area contributed by atoms with Gasteiger partial charge in [-0.15, -0.1) is 0 Å². The Kier molecular flexibility index (Phi) is 4.22. The molecular formula is C21H35NO2. The van der Waals surface area contributed by atoms with Crippen molar-refractivity contribution in [1.29, 1.82) is 0 Å². The van der Waals surface area contributed by atoms with Crippen molar-refractivity contribution in [3.63, 3.8) is 0 Å². The summed E-state index contributed by atoms with van der Waals surface area (Å²) in [6.07, 6.45) is 10.3. The first-order valence-electron chi connectivity index (χ1n) is 10.3. The lowest BCUT2D eigenvalue weighted by Crippen LogP contribution is -2.55. The third-order valence-corrected chi connectivity index (χ3v) is 7.34. The quantitative estimate of drug-likeness (QED) is 0.842. The molecule has 4 bridgehead atoms. The van der Waals surface area contributed by atoms with Crippen molar-refractivity contribution >= 4 is 5.91 Å². The lowest BCUT2D eigenvalue weighted by molar-refractivity contribution is -0.147. The molecule has 5 fully saturated rings. The molecule has 0 aromatic carbocycles. The van der Waals surface area contributed by atoms with E-state index in [1.807, 2.05) is 0 Å². The summed E-state index contributed by atoms with van der Waals surface area (Å²) < 4.78 is 6.09. The van der Waals surface area contributed by atoms with Gasteiger partial charge in [0.05, 0.1) is 6.10 Å². The Morgan fingerprint density at radius 3 is 2.21 bits per heavy atom. The molecule has 1 heterocycles. The average Bonchev–Trinajstić information content (AvgIpc) is 2.50. The molecule has 1 aliphatic heterocycles. The van der Waals surface area contributed by atoms with Crippen LogP contribution in [0.4, 0.5) is 0 Å². The fourth-order valence-corrected chi connectivity index (χ4v) is 6.81. The van der Waals surface area contributed by atoms with Crippen LogP contribution >= 0.6 is 0 Å². The smallest absolute Gasteiger partial charge is 0.226 e. The molecule has 3 nitrogen and oxygen atoms in total. The number of nitrogens with one attached hydrogen (secondary N) is 1. The molecule has 24 heavy (non-hydrogen) atoms. The van der Waals surface area contributed by atoms with E-state index in [4.69, 9.17) is 4.74 Å². The lowest BCUT2D eigenvalue weighted by Gasteiger charge is -2.55. The van der Waals surface area contributed by atoms with Gasteiger partial charge in [0.15, 0.2) is 0 Å². The van der Waals surface area contributed by atoms with Crippen LogP contribution in [0.25, 0.3) is 0 Å². The summed E-state index contributed by atoms with van der Waals surface area (Å²) in [4.78, 5) is 13.1. The fourth-order valence-electron chi connectivity index (χ4n) is 6.81. The number of ether oxygens (including phenoxy) is 1. The SMILES string of the molecule is CC(C)(C)[C@H]1OCCC[C@@H]1CNC(=O)C12CC3CC(CC(C3)C1)C2. The number of rotatable bonds is 3. The largest absolute Gasteiger partial charge is 0.377 e. The zero-order valence-corrected chi connectivity index (χ0v) is 15.8. The zero-order valence-electron chi connectivity index (χ0n) is 15.8. The summed E-state index contributed by atoms with van der Waals surface area (Å²) in [7, 11) is 0. The minimum absolute atomic E-state index is 0.0124. The molecule has 0 aromatic heterocycles. The molecular weight excluding hydrogens is 298 g/mol. The minimum atomic E-state index is -0.0124. The molecule has 5 aliphatic rings. The highest BCUT2D eigenvalue weighted by Gasteiger charge is 2.54. The van der Waals surface area contributed by atoms with E-state index in [1.54, 1.807) is 0 Å². The van der Waals surface area contributed by atoms with Crippen LogP contribution in [-0.2, 0) is 9.53 Å². The number of carbonyl (C=O) groups is 1. The molecule has 0 radical (unpaired) electrons.